The summed E-state index contributed by atoms with van der Waals surface area (Å²) in [6.07, 6.45) is 4.45. The minimum Gasteiger partial charge on any atom is -0.478 e. The normalized spacial score (nSPS) is 20.6. The molecule has 0 aliphatic carbocycles. The van der Waals surface area contributed by atoms with Crippen molar-refractivity contribution in [3.63, 3.8) is 0 Å². The zero-order valence-electron chi connectivity index (χ0n) is 19.0. The van der Waals surface area contributed by atoms with Crippen LogP contribution in [0.15, 0.2) is 11.6 Å². The van der Waals surface area contributed by atoms with Crippen LogP contribution in [0.3, 0.4) is 0 Å². The van der Waals surface area contributed by atoms with Gasteiger partial charge in [0.25, 0.3) is 0 Å². The maximum atomic E-state index is 13.0. The third-order valence-electron chi connectivity index (χ3n) is 5.55. The summed E-state index contributed by atoms with van der Waals surface area (Å²) in [7, 11) is 0. The Kier molecular flexibility index (Phi) is 9.83. The highest BCUT2D eigenvalue weighted by atomic mass is 16.4. The van der Waals surface area contributed by atoms with E-state index >= 15 is 0 Å². The summed E-state index contributed by atoms with van der Waals surface area (Å²) < 4.78 is 0. The average molecular weight is 410 g/mol. The van der Waals surface area contributed by atoms with Crippen molar-refractivity contribution in [1.29, 1.82) is 0 Å². The van der Waals surface area contributed by atoms with Crippen molar-refractivity contribution in [2.45, 2.75) is 91.9 Å². The zero-order chi connectivity index (χ0) is 22.3. The van der Waals surface area contributed by atoms with Crippen molar-refractivity contribution >= 4 is 17.8 Å². The lowest BCUT2D eigenvalue weighted by atomic mass is 9.96. The second-order valence-electron chi connectivity index (χ2n) is 9.01. The van der Waals surface area contributed by atoms with Crippen LogP contribution in [-0.2, 0) is 14.4 Å². The van der Waals surface area contributed by atoms with Gasteiger partial charge >= 0.3 is 5.97 Å². The van der Waals surface area contributed by atoms with Crippen LogP contribution >= 0.6 is 0 Å². The lowest BCUT2D eigenvalue weighted by molar-refractivity contribution is -0.134. The number of carbonyl (C=O) groups is 3. The maximum absolute atomic E-state index is 13.0. The highest BCUT2D eigenvalue weighted by Gasteiger charge is 2.34. The first kappa shape index (κ1) is 25.1. The number of likely N-dealkylation sites (tertiary alicyclic amines) is 1. The van der Waals surface area contributed by atoms with Gasteiger partial charge in [0.2, 0.25) is 11.8 Å². The summed E-state index contributed by atoms with van der Waals surface area (Å²) in [5.41, 5.74) is 0.184. The number of carboxylic acid groups (broad SMARTS) is 1. The fourth-order valence-corrected chi connectivity index (χ4v) is 3.63. The van der Waals surface area contributed by atoms with E-state index in [2.05, 4.69) is 29.4 Å². The molecule has 1 heterocycles. The Morgan fingerprint density at radius 1 is 1.00 bits per heavy atom. The molecular weight excluding hydrogens is 370 g/mol. The summed E-state index contributed by atoms with van der Waals surface area (Å²) >= 11 is 0. The summed E-state index contributed by atoms with van der Waals surface area (Å²) in [6.45, 7) is 14.2. The van der Waals surface area contributed by atoms with Gasteiger partial charge in [0.05, 0.1) is 12.1 Å². The van der Waals surface area contributed by atoms with Crippen LogP contribution in [0, 0.1) is 11.8 Å². The third-order valence-corrected chi connectivity index (χ3v) is 5.55. The van der Waals surface area contributed by atoms with Crippen LogP contribution in [-0.4, -0.2) is 58.5 Å². The number of carboxylic acids is 1. The molecule has 1 unspecified atom stereocenters. The molecule has 3 N–H and O–H groups in total. The lowest BCUT2D eigenvalue weighted by Crippen LogP contribution is -2.58. The standard InChI is InChI=1S/C22H39N3O4/c1-13(2)17(12-16(7)22(28)29)23-21(27)19(14(3)4)24-20(26)18-10-8-9-11-25(18)15(5)6/h12-15,17-19H,8-11H2,1-7H3,(H,23,27)(H,24,26)(H,28,29)/b16-12+/t17-,18-,19?/m1/s1. The maximum Gasteiger partial charge on any atom is 0.331 e. The minimum atomic E-state index is -1.01. The first-order valence-corrected chi connectivity index (χ1v) is 10.7. The fourth-order valence-electron chi connectivity index (χ4n) is 3.63. The molecule has 7 heteroatoms. The van der Waals surface area contributed by atoms with Crippen molar-refractivity contribution in [3.05, 3.63) is 11.6 Å². The monoisotopic (exact) mass is 409 g/mol. The molecule has 0 bridgehead atoms. The van der Waals surface area contributed by atoms with E-state index in [9.17, 15) is 14.4 Å². The number of nitrogens with zero attached hydrogens (tertiary/aromatic N) is 1. The summed E-state index contributed by atoms with van der Waals surface area (Å²) in [5, 5.41) is 15.0. The Hall–Kier alpha value is -1.89. The van der Waals surface area contributed by atoms with E-state index in [1.54, 1.807) is 6.08 Å². The number of carbonyl (C=O) groups excluding carboxylic acids is 2. The molecule has 3 atom stereocenters. The van der Waals surface area contributed by atoms with Gasteiger partial charge in [0.15, 0.2) is 0 Å². The molecule has 1 fully saturated rings. The first-order valence-electron chi connectivity index (χ1n) is 10.7. The summed E-state index contributed by atoms with van der Waals surface area (Å²) in [4.78, 5) is 39.3. The van der Waals surface area contributed by atoms with Crippen LogP contribution in [0.4, 0.5) is 0 Å². The van der Waals surface area contributed by atoms with Crippen LogP contribution in [0.2, 0.25) is 0 Å². The molecule has 166 valence electrons. The molecule has 1 aliphatic rings. The second-order valence-corrected chi connectivity index (χ2v) is 9.01. The number of hydrogen-bond acceptors (Lipinski definition) is 4. The SMILES string of the molecule is C/C(=C\[C@@H](NC(=O)C(NC(=O)[C@H]1CCCCN1C(C)C)C(C)C)C(C)C)C(=O)O. The number of piperidine rings is 1. The van der Waals surface area contributed by atoms with Gasteiger partial charge in [-0.15, -0.1) is 0 Å². The molecule has 0 spiro atoms. The molecule has 1 rings (SSSR count). The number of nitrogens with one attached hydrogen (secondary N) is 2. The van der Waals surface area contributed by atoms with Gasteiger partial charge in [-0.05, 0) is 52.0 Å². The van der Waals surface area contributed by atoms with Gasteiger partial charge in [-0.1, -0.05) is 40.2 Å². The van der Waals surface area contributed by atoms with Gasteiger partial charge < -0.3 is 15.7 Å². The van der Waals surface area contributed by atoms with E-state index in [4.69, 9.17) is 5.11 Å². The Morgan fingerprint density at radius 2 is 1.62 bits per heavy atom. The summed E-state index contributed by atoms with van der Waals surface area (Å²) in [6, 6.07) is -1.03. The highest BCUT2D eigenvalue weighted by Crippen LogP contribution is 2.20. The van der Waals surface area contributed by atoms with E-state index < -0.39 is 18.1 Å². The van der Waals surface area contributed by atoms with E-state index in [0.29, 0.717) is 0 Å². The molecule has 0 saturated carbocycles. The van der Waals surface area contributed by atoms with E-state index in [-0.39, 0.29) is 41.3 Å². The lowest BCUT2D eigenvalue weighted by Gasteiger charge is -2.38. The quantitative estimate of drug-likeness (QED) is 0.508. The van der Waals surface area contributed by atoms with Crippen molar-refractivity contribution in [3.8, 4) is 0 Å². The topological polar surface area (TPSA) is 98.7 Å². The Labute approximate surface area is 175 Å². The highest BCUT2D eigenvalue weighted by molar-refractivity contribution is 5.90. The number of amides is 2. The molecular formula is C22H39N3O4. The molecule has 0 radical (unpaired) electrons. The molecule has 1 saturated heterocycles. The van der Waals surface area contributed by atoms with Gasteiger partial charge in [0.1, 0.15) is 6.04 Å². The van der Waals surface area contributed by atoms with Crippen molar-refractivity contribution in [2.75, 3.05) is 6.54 Å². The largest absolute Gasteiger partial charge is 0.478 e. The Morgan fingerprint density at radius 3 is 2.10 bits per heavy atom. The third kappa shape index (κ3) is 7.46. The molecule has 0 aromatic carbocycles. The smallest absolute Gasteiger partial charge is 0.331 e. The van der Waals surface area contributed by atoms with E-state index in [1.165, 1.54) is 6.92 Å². The molecule has 0 aromatic heterocycles. The van der Waals surface area contributed by atoms with Crippen molar-refractivity contribution in [1.82, 2.24) is 15.5 Å². The molecule has 29 heavy (non-hydrogen) atoms. The summed E-state index contributed by atoms with van der Waals surface area (Å²) in [5.74, 6) is -1.47. The zero-order valence-corrected chi connectivity index (χ0v) is 19.0. The van der Waals surface area contributed by atoms with Crippen LogP contribution in [0.25, 0.3) is 0 Å². The predicted molar refractivity (Wildman–Crippen MR) is 114 cm³/mol. The van der Waals surface area contributed by atoms with Crippen LogP contribution in [0.5, 0.6) is 0 Å². The molecule has 7 nitrogen and oxygen atoms in total. The molecule has 2 amide bonds. The second kappa shape index (κ2) is 11.3. The van der Waals surface area contributed by atoms with Gasteiger partial charge in [-0.25, -0.2) is 4.79 Å². The van der Waals surface area contributed by atoms with Crippen LogP contribution in [0.1, 0.15) is 67.7 Å². The number of rotatable bonds is 9. The molecule has 1 aliphatic heterocycles. The van der Waals surface area contributed by atoms with Gasteiger partial charge in [-0.3, -0.25) is 14.5 Å². The number of aliphatic carboxylic acids is 1. The van der Waals surface area contributed by atoms with E-state index in [0.717, 1.165) is 25.8 Å². The van der Waals surface area contributed by atoms with E-state index in [1.807, 2.05) is 27.7 Å². The van der Waals surface area contributed by atoms with Crippen molar-refractivity contribution < 1.29 is 19.5 Å². The first-order chi connectivity index (χ1) is 13.5. The van der Waals surface area contributed by atoms with Crippen LogP contribution < -0.4 is 10.6 Å². The average Bonchev–Trinajstić information content (AvgIpc) is 2.64. The van der Waals surface area contributed by atoms with Crippen molar-refractivity contribution in [2.24, 2.45) is 11.8 Å². The predicted octanol–water partition coefficient (Wildman–Crippen LogP) is 2.56. The van der Waals surface area contributed by atoms with Gasteiger partial charge in [-0.2, -0.15) is 0 Å². The fraction of sp³-hybridized carbons (Fsp3) is 0.773. The Bertz CT molecular complexity index is 613. The molecule has 0 aromatic rings. The minimum absolute atomic E-state index is 0.0199. The van der Waals surface area contributed by atoms with Gasteiger partial charge in [0, 0.05) is 11.6 Å². The number of hydrogen-bond donors (Lipinski definition) is 3. The Balaban J connectivity index is 2.92.